The van der Waals surface area contributed by atoms with Crippen LogP contribution in [0.5, 0.6) is 0 Å². The molecule has 0 spiro atoms. The van der Waals surface area contributed by atoms with Crippen LogP contribution < -0.4 is 5.32 Å². The molecule has 1 aromatic rings. The number of alkyl halides is 3. The molecule has 0 aliphatic carbocycles. The predicted molar refractivity (Wildman–Crippen MR) is 102 cm³/mol. The van der Waals surface area contributed by atoms with Gasteiger partial charge in [0.15, 0.2) is 0 Å². The zero-order valence-electron chi connectivity index (χ0n) is 16.9. The highest BCUT2D eigenvalue weighted by Crippen LogP contribution is 2.34. The molecule has 2 heterocycles. The average molecular weight is 432 g/mol. The lowest BCUT2D eigenvalue weighted by atomic mass is 9.93. The van der Waals surface area contributed by atoms with Crippen molar-refractivity contribution in [2.45, 2.75) is 25.7 Å². The molecule has 0 unspecified atom stereocenters. The van der Waals surface area contributed by atoms with Crippen LogP contribution in [0.25, 0.3) is 0 Å². The Bertz CT molecular complexity index is 729. The standard InChI is InChI=1S/C18H26N2O3.C2HF3O2/c1-13-5-3-4-6-14(13)8-20-9-16-15(11-23-17(16)10-20)7-19-18(21)12-22-2;3-2(4,5)1(6)7/h3-6,15-17H,7-12H2,1-2H3,(H,19,21);(H,6,7)/t15-,16-,17-;/m1./s1. The van der Waals surface area contributed by atoms with Crippen molar-refractivity contribution >= 4 is 11.9 Å². The predicted octanol–water partition coefficient (Wildman–Crippen LogP) is 1.84. The zero-order chi connectivity index (χ0) is 22.3. The number of fused-ring (bicyclic) bond motifs is 1. The number of nitrogens with one attached hydrogen (secondary N) is 1. The zero-order valence-corrected chi connectivity index (χ0v) is 16.9. The monoisotopic (exact) mass is 432 g/mol. The highest BCUT2D eigenvalue weighted by Gasteiger charge is 2.43. The molecule has 0 radical (unpaired) electrons. The first-order valence-electron chi connectivity index (χ1n) is 9.56. The first kappa shape index (κ1) is 24.1. The number of carbonyl (C=O) groups excluding carboxylic acids is 1. The second kappa shape index (κ2) is 10.7. The molecule has 168 valence electrons. The number of benzene rings is 1. The van der Waals surface area contributed by atoms with E-state index in [4.69, 9.17) is 19.4 Å². The molecule has 2 N–H and O–H groups in total. The largest absolute Gasteiger partial charge is 0.490 e. The molecule has 1 amide bonds. The van der Waals surface area contributed by atoms with Crippen LogP contribution in [0.4, 0.5) is 13.2 Å². The lowest BCUT2D eigenvalue weighted by Crippen LogP contribution is -2.35. The van der Waals surface area contributed by atoms with Crippen molar-refractivity contribution in [2.75, 3.05) is 40.0 Å². The Balaban J connectivity index is 0.000000396. The summed E-state index contributed by atoms with van der Waals surface area (Å²) in [5.41, 5.74) is 2.73. The third-order valence-corrected chi connectivity index (χ3v) is 5.25. The fourth-order valence-corrected chi connectivity index (χ4v) is 3.67. The Labute approximate surface area is 173 Å². The first-order chi connectivity index (χ1) is 14.1. The van der Waals surface area contributed by atoms with Crippen LogP contribution in [-0.4, -0.2) is 74.1 Å². The SMILES string of the molecule is COCC(=O)NC[C@@H]1CO[C@@H]2CN(Cc3ccccc3C)C[C@H]12.O=C(O)C(F)(F)F. The molecule has 2 saturated heterocycles. The van der Waals surface area contributed by atoms with Gasteiger partial charge in [-0.05, 0) is 18.1 Å². The molecule has 0 aromatic heterocycles. The van der Waals surface area contributed by atoms with E-state index in [1.54, 1.807) is 0 Å². The number of nitrogens with zero attached hydrogens (tertiary/aromatic N) is 1. The molecule has 2 aliphatic heterocycles. The summed E-state index contributed by atoms with van der Waals surface area (Å²) in [6.07, 6.45) is -4.77. The van der Waals surface area contributed by atoms with Gasteiger partial charge in [-0.15, -0.1) is 0 Å². The third kappa shape index (κ3) is 6.96. The van der Waals surface area contributed by atoms with Crippen molar-refractivity contribution in [3.05, 3.63) is 35.4 Å². The lowest BCUT2D eigenvalue weighted by molar-refractivity contribution is -0.192. The molecule has 10 heteroatoms. The molecule has 30 heavy (non-hydrogen) atoms. The van der Waals surface area contributed by atoms with Gasteiger partial charge in [-0.25, -0.2) is 4.79 Å². The molecule has 1 aromatic carbocycles. The summed E-state index contributed by atoms with van der Waals surface area (Å²) in [4.78, 5) is 22.9. The Kier molecular flexibility index (Phi) is 8.63. The number of carbonyl (C=O) groups is 2. The maximum Gasteiger partial charge on any atom is 0.490 e. The van der Waals surface area contributed by atoms with Gasteiger partial charge in [-0.1, -0.05) is 24.3 Å². The molecule has 2 aliphatic rings. The molecule has 7 nitrogen and oxygen atoms in total. The number of aliphatic carboxylic acids is 1. The Morgan fingerprint density at radius 1 is 1.30 bits per heavy atom. The van der Waals surface area contributed by atoms with Crippen LogP contribution >= 0.6 is 0 Å². The number of carboxylic acids is 1. The number of amides is 1. The Morgan fingerprint density at radius 3 is 2.57 bits per heavy atom. The van der Waals surface area contributed by atoms with Crippen molar-refractivity contribution in [1.29, 1.82) is 0 Å². The summed E-state index contributed by atoms with van der Waals surface area (Å²) < 4.78 is 42.5. The number of hydrogen-bond donors (Lipinski definition) is 2. The van der Waals surface area contributed by atoms with Crippen molar-refractivity contribution in [3.63, 3.8) is 0 Å². The van der Waals surface area contributed by atoms with E-state index in [9.17, 15) is 18.0 Å². The number of halogens is 3. The Hall–Kier alpha value is -2.17. The van der Waals surface area contributed by atoms with Crippen molar-refractivity contribution in [2.24, 2.45) is 11.8 Å². The third-order valence-electron chi connectivity index (χ3n) is 5.25. The number of hydrogen-bond acceptors (Lipinski definition) is 5. The fraction of sp³-hybridized carbons (Fsp3) is 0.600. The number of aryl methyl sites for hydroxylation is 1. The molecule has 3 rings (SSSR count). The van der Waals surface area contributed by atoms with E-state index in [0.717, 1.165) is 26.2 Å². The van der Waals surface area contributed by atoms with Crippen LogP contribution in [-0.2, 0) is 25.6 Å². The van der Waals surface area contributed by atoms with Gasteiger partial charge >= 0.3 is 12.1 Å². The van der Waals surface area contributed by atoms with Crippen LogP contribution in [0.3, 0.4) is 0 Å². The van der Waals surface area contributed by atoms with Crippen molar-refractivity contribution < 1.29 is 37.3 Å². The van der Waals surface area contributed by atoms with Crippen LogP contribution in [0.15, 0.2) is 24.3 Å². The molecular weight excluding hydrogens is 405 g/mol. The fourth-order valence-electron chi connectivity index (χ4n) is 3.67. The normalized spacial score (nSPS) is 23.4. The Morgan fingerprint density at radius 2 is 1.97 bits per heavy atom. The smallest absolute Gasteiger partial charge is 0.475 e. The molecular formula is C20H27F3N2O5. The molecule has 3 atom stereocenters. The summed E-state index contributed by atoms with van der Waals surface area (Å²) in [5, 5.41) is 10.1. The quantitative estimate of drug-likeness (QED) is 0.713. The summed E-state index contributed by atoms with van der Waals surface area (Å²) in [7, 11) is 1.54. The second-order valence-electron chi connectivity index (χ2n) is 7.46. The van der Waals surface area contributed by atoms with Gasteiger partial charge in [0.1, 0.15) is 6.61 Å². The summed E-state index contributed by atoms with van der Waals surface area (Å²) in [5.74, 6) is -1.89. The lowest BCUT2D eigenvalue weighted by Gasteiger charge is -2.20. The van der Waals surface area contributed by atoms with E-state index in [1.807, 2.05) is 0 Å². The van der Waals surface area contributed by atoms with Crippen LogP contribution in [0.2, 0.25) is 0 Å². The van der Waals surface area contributed by atoms with Crippen LogP contribution in [0.1, 0.15) is 11.1 Å². The van der Waals surface area contributed by atoms with Gasteiger partial charge in [0.25, 0.3) is 0 Å². The molecule has 2 fully saturated rings. The highest BCUT2D eigenvalue weighted by molar-refractivity contribution is 5.77. The number of carboxylic acid groups (broad SMARTS) is 1. The number of ether oxygens (including phenoxy) is 2. The first-order valence-corrected chi connectivity index (χ1v) is 9.56. The van der Waals surface area contributed by atoms with Crippen LogP contribution in [0, 0.1) is 18.8 Å². The van der Waals surface area contributed by atoms with Gasteiger partial charge in [0.05, 0.1) is 12.7 Å². The van der Waals surface area contributed by atoms with E-state index in [-0.39, 0.29) is 12.5 Å². The van der Waals surface area contributed by atoms with Gasteiger partial charge in [0.2, 0.25) is 5.91 Å². The number of methoxy groups -OCH3 is 1. The van der Waals surface area contributed by atoms with E-state index in [2.05, 4.69) is 41.4 Å². The number of likely N-dealkylation sites (tertiary alicyclic amines) is 1. The van der Waals surface area contributed by atoms with Gasteiger partial charge in [-0.2, -0.15) is 13.2 Å². The maximum atomic E-state index is 11.5. The second-order valence-corrected chi connectivity index (χ2v) is 7.46. The summed E-state index contributed by atoms with van der Waals surface area (Å²) >= 11 is 0. The highest BCUT2D eigenvalue weighted by atomic mass is 19.4. The van der Waals surface area contributed by atoms with Gasteiger partial charge < -0.3 is 19.9 Å². The topological polar surface area (TPSA) is 88.1 Å². The van der Waals surface area contributed by atoms with E-state index < -0.39 is 12.1 Å². The molecule has 0 saturated carbocycles. The van der Waals surface area contributed by atoms with Gasteiger partial charge in [-0.3, -0.25) is 9.69 Å². The van der Waals surface area contributed by atoms with Crippen molar-refractivity contribution in [3.8, 4) is 0 Å². The van der Waals surface area contributed by atoms with E-state index in [0.29, 0.717) is 24.5 Å². The van der Waals surface area contributed by atoms with E-state index in [1.165, 1.54) is 18.2 Å². The van der Waals surface area contributed by atoms with Gasteiger partial charge in [0, 0.05) is 45.1 Å². The summed E-state index contributed by atoms with van der Waals surface area (Å²) in [6.45, 7) is 6.73. The molecule has 0 bridgehead atoms. The maximum absolute atomic E-state index is 11.5. The minimum Gasteiger partial charge on any atom is -0.475 e. The average Bonchev–Trinajstić information content (AvgIpc) is 3.22. The van der Waals surface area contributed by atoms with E-state index >= 15 is 0 Å². The minimum atomic E-state index is -5.08. The number of rotatable bonds is 6. The minimum absolute atomic E-state index is 0.0503. The summed E-state index contributed by atoms with van der Waals surface area (Å²) in [6, 6.07) is 8.55. The van der Waals surface area contributed by atoms with Crippen molar-refractivity contribution in [1.82, 2.24) is 10.2 Å².